The van der Waals surface area contributed by atoms with Crippen molar-refractivity contribution in [3.05, 3.63) is 58.7 Å². The van der Waals surface area contributed by atoms with Gasteiger partial charge in [-0.1, -0.05) is 0 Å². The lowest BCUT2D eigenvalue weighted by Gasteiger charge is -2.32. The Morgan fingerprint density at radius 2 is 0.878 bits per heavy atom. The summed E-state index contributed by atoms with van der Waals surface area (Å²) in [5.74, 6) is 2.64. The molecule has 0 spiro atoms. The molecule has 0 unspecified atom stereocenters. The van der Waals surface area contributed by atoms with Crippen LogP contribution in [0.2, 0.25) is 0 Å². The fourth-order valence-corrected chi connectivity index (χ4v) is 6.73. The zero-order chi connectivity index (χ0) is 35.0. The Kier molecular flexibility index (Phi) is 9.22. The molecule has 12 heteroatoms. The van der Waals surface area contributed by atoms with Gasteiger partial charge in [0.1, 0.15) is 12.2 Å². The van der Waals surface area contributed by atoms with E-state index < -0.39 is 12.2 Å². The molecule has 49 heavy (non-hydrogen) atoms. The molecule has 4 aromatic rings. The fourth-order valence-electron chi connectivity index (χ4n) is 6.73. The number of ether oxygens (including phenoxy) is 9. The quantitative estimate of drug-likeness (QED) is 0.165. The Labute approximate surface area is 284 Å². The van der Waals surface area contributed by atoms with Crippen LogP contribution < -0.4 is 42.6 Å². The van der Waals surface area contributed by atoms with E-state index >= 15 is 0 Å². The molecule has 2 heterocycles. The van der Waals surface area contributed by atoms with Gasteiger partial charge in [-0.05, 0) is 84.3 Å². The van der Waals surface area contributed by atoms with E-state index in [0.717, 1.165) is 27.8 Å². The van der Waals surface area contributed by atoms with Gasteiger partial charge in [0.2, 0.25) is 23.0 Å². The lowest BCUT2D eigenvalue weighted by atomic mass is 9.85. The minimum atomic E-state index is -0.519. The van der Waals surface area contributed by atoms with Gasteiger partial charge in [0.25, 0.3) is 0 Å². The number of hydrogen-bond donors (Lipinski definition) is 3. The molecule has 0 amide bonds. The first-order valence-electron chi connectivity index (χ1n) is 15.7. The summed E-state index contributed by atoms with van der Waals surface area (Å²) in [7, 11) is 10.5. The van der Waals surface area contributed by atoms with Crippen molar-refractivity contribution in [1.29, 1.82) is 0 Å². The van der Waals surface area contributed by atoms with E-state index in [-0.39, 0.29) is 46.0 Å². The van der Waals surface area contributed by atoms with Gasteiger partial charge in [-0.25, -0.2) is 0 Å². The summed E-state index contributed by atoms with van der Waals surface area (Å²) in [6.45, 7) is 0. The standard InChI is InChI=1S/C37H40O12/c1-41-27-16-22(20-8-10-25(48-34(20)32(27)39)18-12-24(38)36(46-6)29(13-18)43-3)23-17-28(42-2)33(40)35-21(23)9-11-26(49-35)19-14-30(44-4)37(47-7)31(15-19)45-5/h12-17,25-26,38-40H,8-11H2,1-7H3/t25-,26-/m0/s1. The van der Waals surface area contributed by atoms with Gasteiger partial charge in [-0.3, -0.25) is 0 Å². The van der Waals surface area contributed by atoms with Crippen molar-refractivity contribution in [3.8, 4) is 80.1 Å². The topological polar surface area (TPSA) is 144 Å². The number of phenolic OH excluding ortho intramolecular Hbond substituents is 3. The molecule has 0 aliphatic carbocycles. The van der Waals surface area contributed by atoms with Gasteiger partial charge in [0.05, 0.1) is 49.8 Å². The zero-order valence-electron chi connectivity index (χ0n) is 28.5. The monoisotopic (exact) mass is 676 g/mol. The number of methoxy groups -OCH3 is 7. The van der Waals surface area contributed by atoms with Crippen molar-refractivity contribution in [3.63, 3.8) is 0 Å². The number of phenols is 3. The number of benzene rings is 4. The smallest absolute Gasteiger partial charge is 0.203 e. The number of hydrogen-bond acceptors (Lipinski definition) is 12. The Morgan fingerprint density at radius 1 is 0.490 bits per heavy atom. The first kappa shape index (κ1) is 33.4. The van der Waals surface area contributed by atoms with Crippen molar-refractivity contribution < 1.29 is 58.0 Å². The fraction of sp³-hybridized carbons (Fsp3) is 0.351. The highest BCUT2D eigenvalue weighted by molar-refractivity contribution is 5.82. The third-order valence-electron chi connectivity index (χ3n) is 9.12. The van der Waals surface area contributed by atoms with E-state index in [1.807, 2.05) is 12.1 Å². The summed E-state index contributed by atoms with van der Waals surface area (Å²) < 4.78 is 51.6. The SMILES string of the molecule is COc1cc(-c2cc(OC)c(O)c3c2CC[C@@H](c2cc(OC)c(OC)c(OC)c2)O3)c2c(c1O)O[C@H](c1cc(O)c(OC)c(OC)c1)CC2. The van der Waals surface area contributed by atoms with E-state index in [1.54, 1.807) is 45.6 Å². The molecule has 2 aliphatic heterocycles. The van der Waals surface area contributed by atoms with Crippen LogP contribution in [0.5, 0.6) is 69.0 Å². The highest BCUT2D eigenvalue weighted by atomic mass is 16.5. The van der Waals surface area contributed by atoms with Gasteiger partial charge in [0, 0.05) is 11.1 Å². The Hall–Kier alpha value is -5.52. The normalized spacial score (nSPS) is 16.3. The second kappa shape index (κ2) is 13.5. The highest BCUT2D eigenvalue weighted by Crippen LogP contribution is 2.55. The maximum atomic E-state index is 11.4. The van der Waals surface area contributed by atoms with Gasteiger partial charge in [-0.2, -0.15) is 0 Å². The molecular formula is C37H40O12. The van der Waals surface area contributed by atoms with Crippen LogP contribution in [0, 0.1) is 0 Å². The third-order valence-corrected chi connectivity index (χ3v) is 9.12. The Morgan fingerprint density at radius 3 is 1.27 bits per heavy atom. The van der Waals surface area contributed by atoms with Crippen LogP contribution in [0.25, 0.3) is 11.1 Å². The van der Waals surface area contributed by atoms with Crippen LogP contribution in [-0.4, -0.2) is 65.1 Å². The minimum Gasteiger partial charge on any atom is -0.504 e. The average Bonchev–Trinajstić information content (AvgIpc) is 3.14. The summed E-state index contributed by atoms with van der Waals surface area (Å²) in [5.41, 5.74) is 4.44. The van der Waals surface area contributed by atoms with Crippen molar-refractivity contribution in [2.24, 2.45) is 0 Å². The Bertz CT molecular complexity index is 1860. The summed E-state index contributed by atoms with van der Waals surface area (Å²) >= 11 is 0. The first-order chi connectivity index (χ1) is 23.7. The summed E-state index contributed by atoms with van der Waals surface area (Å²) in [5, 5.41) is 33.3. The van der Waals surface area contributed by atoms with Crippen molar-refractivity contribution >= 4 is 0 Å². The van der Waals surface area contributed by atoms with Crippen LogP contribution in [0.15, 0.2) is 36.4 Å². The van der Waals surface area contributed by atoms with Crippen LogP contribution in [0.4, 0.5) is 0 Å². The molecular weight excluding hydrogens is 636 g/mol. The molecule has 12 nitrogen and oxygen atoms in total. The summed E-state index contributed by atoms with van der Waals surface area (Å²) in [6, 6.07) is 10.5. The molecule has 2 aliphatic rings. The lowest BCUT2D eigenvalue weighted by molar-refractivity contribution is 0.166. The number of fused-ring (bicyclic) bond motifs is 2. The summed E-state index contributed by atoms with van der Waals surface area (Å²) in [6.07, 6.45) is 1.18. The molecule has 0 saturated heterocycles. The van der Waals surface area contributed by atoms with Crippen molar-refractivity contribution in [2.75, 3.05) is 49.8 Å². The molecule has 3 N–H and O–H groups in total. The lowest BCUT2D eigenvalue weighted by Crippen LogP contribution is -2.18. The van der Waals surface area contributed by atoms with Gasteiger partial charge in [0.15, 0.2) is 46.0 Å². The molecule has 6 rings (SSSR count). The average molecular weight is 677 g/mol. The Balaban J connectivity index is 1.44. The molecule has 0 fully saturated rings. The predicted octanol–water partition coefficient (Wildman–Crippen LogP) is 6.66. The maximum Gasteiger partial charge on any atom is 0.203 e. The van der Waals surface area contributed by atoms with E-state index in [0.29, 0.717) is 54.2 Å². The molecule has 0 radical (unpaired) electrons. The second-order valence-electron chi connectivity index (χ2n) is 11.6. The van der Waals surface area contributed by atoms with Crippen molar-refractivity contribution in [1.82, 2.24) is 0 Å². The van der Waals surface area contributed by atoms with E-state index in [2.05, 4.69) is 0 Å². The molecule has 2 atom stereocenters. The zero-order valence-corrected chi connectivity index (χ0v) is 28.5. The van der Waals surface area contributed by atoms with Crippen LogP contribution >= 0.6 is 0 Å². The number of rotatable bonds is 10. The molecule has 4 aromatic carbocycles. The van der Waals surface area contributed by atoms with Crippen LogP contribution in [0.1, 0.15) is 47.3 Å². The van der Waals surface area contributed by atoms with E-state index in [1.165, 1.54) is 28.4 Å². The molecule has 0 saturated carbocycles. The first-order valence-corrected chi connectivity index (χ1v) is 15.7. The molecule has 0 aromatic heterocycles. The second-order valence-corrected chi connectivity index (χ2v) is 11.6. The van der Waals surface area contributed by atoms with Gasteiger partial charge >= 0.3 is 0 Å². The molecule has 260 valence electrons. The highest BCUT2D eigenvalue weighted by Gasteiger charge is 2.34. The summed E-state index contributed by atoms with van der Waals surface area (Å²) in [4.78, 5) is 0. The number of aromatic hydroxyl groups is 3. The van der Waals surface area contributed by atoms with Crippen molar-refractivity contribution in [2.45, 2.75) is 37.9 Å². The molecule has 0 bridgehead atoms. The largest absolute Gasteiger partial charge is 0.504 e. The maximum absolute atomic E-state index is 11.4. The van der Waals surface area contributed by atoms with E-state index in [4.69, 9.17) is 42.6 Å². The third kappa shape index (κ3) is 5.70. The van der Waals surface area contributed by atoms with Crippen LogP contribution in [0.3, 0.4) is 0 Å². The van der Waals surface area contributed by atoms with Gasteiger partial charge < -0.3 is 58.0 Å². The van der Waals surface area contributed by atoms with Crippen LogP contribution in [-0.2, 0) is 12.8 Å². The minimum absolute atomic E-state index is 0.0885. The van der Waals surface area contributed by atoms with E-state index in [9.17, 15) is 15.3 Å². The van der Waals surface area contributed by atoms with Gasteiger partial charge in [-0.15, -0.1) is 0 Å². The predicted molar refractivity (Wildman–Crippen MR) is 179 cm³/mol.